The molecule has 4 unspecified atom stereocenters. The first kappa shape index (κ1) is 20.2. The Morgan fingerprint density at radius 3 is 1.54 bits per heavy atom. The molecule has 2 saturated heterocycles. The molecule has 2 aliphatic rings. The Morgan fingerprint density at radius 1 is 0.708 bits per heavy atom. The minimum absolute atomic E-state index is 0.0593. The monoisotopic (exact) mass is 342 g/mol. The van der Waals surface area contributed by atoms with Gasteiger partial charge in [0.25, 0.3) is 0 Å². The number of ether oxygens (including phenoxy) is 4. The van der Waals surface area contributed by atoms with Crippen molar-refractivity contribution in [2.75, 3.05) is 26.4 Å². The minimum Gasteiger partial charge on any atom is -0.353 e. The first-order chi connectivity index (χ1) is 11.7. The van der Waals surface area contributed by atoms with Crippen LogP contribution >= 0.6 is 0 Å². The van der Waals surface area contributed by atoms with E-state index < -0.39 is 0 Å². The maximum absolute atomic E-state index is 5.84. The Balaban J connectivity index is 1.42. The molecular weight excluding hydrogens is 304 g/mol. The minimum atomic E-state index is 0.0593. The molecule has 0 amide bonds. The maximum atomic E-state index is 5.84. The summed E-state index contributed by atoms with van der Waals surface area (Å²) in [6.45, 7) is 8.08. The zero-order valence-electron chi connectivity index (χ0n) is 15.8. The van der Waals surface area contributed by atoms with Crippen LogP contribution in [0.5, 0.6) is 0 Å². The zero-order valence-corrected chi connectivity index (χ0v) is 15.8. The van der Waals surface area contributed by atoms with Crippen LogP contribution in [0.3, 0.4) is 0 Å². The third-order valence-corrected chi connectivity index (χ3v) is 5.26. The highest BCUT2D eigenvalue weighted by molar-refractivity contribution is 4.61. The number of hydrogen-bond donors (Lipinski definition) is 0. The Kier molecular flexibility index (Phi) is 10.3. The fourth-order valence-electron chi connectivity index (χ4n) is 3.34. The molecule has 0 aromatic carbocycles. The molecule has 0 bridgehead atoms. The summed E-state index contributed by atoms with van der Waals surface area (Å²) in [5, 5.41) is 0. The van der Waals surface area contributed by atoms with Crippen molar-refractivity contribution in [3.8, 4) is 0 Å². The van der Waals surface area contributed by atoms with E-state index in [1.54, 1.807) is 0 Å². The van der Waals surface area contributed by atoms with Crippen LogP contribution in [0.1, 0.15) is 78.1 Å². The lowest BCUT2D eigenvalue weighted by molar-refractivity contribution is -0.164. The van der Waals surface area contributed by atoms with Gasteiger partial charge in [-0.1, -0.05) is 26.7 Å². The van der Waals surface area contributed by atoms with Crippen LogP contribution in [0.25, 0.3) is 0 Å². The summed E-state index contributed by atoms with van der Waals surface area (Å²) in [6, 6.07) is 0. The van der Waals surface area contributed by atoms with E-state index in [9.17, 15) is 0 Å². The van der Waals surface area contributed by atoms with E-state index in [1.807, 2.05) is 0 Å². The van der Waals surface area contributed by atoms with Crippen LogP contribution in [0.2, 0.25) is 0 Å². The Labute approximate surface area is 148 Å². The van der Waals surface area contributed by atoms with Crippen LogP contribution in [0, 0.1) is 11.8 Å². The lowest BCUT2D eigenvalue weighted by Gasteiger charge is -2.24. The molecule has 2 heterocycles. The standard InChI is InChI=1S/C20H38O4/c1-17(11-15-23-19-7-3-5-13-21-19)9-10-18(2)12-16-24-20-8-4-6-14-22-20/h17-20H,3-16H2,1-2H3. The second-order valence-electron chi connectivity index (χ2n) is 7.70. The average Bonchev–Trinajstić information content (AvgIpc) is 2.62. The van der Waals surface area contributed by atoms with E-state index in [0.29, 0.717) is 0 Å². The van der Waals surface area contributed by atoms with Crippen LogP contribution in [-0.4, -0.2) is 39.0 Å². The highest BCUT2D eigenvalue weighted by Crippen LogP contribution is 2.20. The van der Waals surface area contributed by atoms with E-state index in [1.165, 1.54) is 38.5 Å². The van der Waals surface area contributed by atoms with Gasteiger partial charge in [-0.2, -0.15) is 0 Å². The predicted molar refractivity (Wildman–Crippen MR) is 95.9 cm³/mol. The van der Waals surface area contributed by atoms with E-state index in [4.69, 9.17) is 18.9 Å². The van der Waals surface area contributed by atoms with Crippen molar-refractivity contribution in [1.82, 2.24) is 0 Å². The number of hydrogen-bond acceptors (Lipinski definition) is 4. The van der Waals surface area contributed by atoms with Crippen molar-refractivity contribution in [2.24, 2.45) is 11.8 Å². The van der Waals surface area contributed by atoms with Crippen molar-refractivity contribution >= 4 is 0 Å². The summed E-state index contributed by atoms with van der Waals surface area (Å²) in [5.74, 6) is 1.44. The molecule has 0 aliphatic carbocycles. The molecule has 0 radical (unpaired) electrons. The molecule has 24 heavy (non-hydrogen) atoms. The number of rotatable bonds is 11. The summed E-state index contributed by atoms with van der Waals surface area (Å²) in [5.41, 5.74) is 0. The smallest absolute Gasteiger partial charge is 0.157 e. The topological polar surface area (TPSA) is 36.9 Å². The first-order valence-electron chi connectivity index (χ1n) is 10.2. The fraction of sp³-hybridized carbons (Fsp3) is 1.00. The fourth-order valence-corrected chi connectivity index (χ4v) is 3.34. The molecule has 4 heteroatoms. The normalized spacial score (nSPS) is 27.8. The molecule has 2 fully saturated rings. The van der Waals surface area contributed by atoms with E-state index in [0.717, 1.165) is 63.9 Å². The highest BCUT2D eigenvalue weighted by atomic mass is 16.7. The lowest BCUT2D eigenvalue weighted by Crippen LogP contribution is -2.23. The van der Waals surface area contributed by atoms with Crippen LogP contribution in [-0.2, 0) is 18.9 Å². The molecule has 4 nitrogen and oxygen atoms in total. The van der Waals surface area contributed by atoms with Crippen LogP contribution in [0.4, 0.5) is 0 Å². The van der Waals surface area contributed by atoms with Crippen LogP contribution < -0.4 is 0 Å². The van der Waals surface area contributed by atoms with E-state index in [2.05, 4.69) is 13.8 Å². The Bertz CT molecular complexity index is 268. The summed E-state index contributed by atoms with van der Waals surface area (Å²) in [4.78, 5) is 0. The van der Waals surface area contributed by atoms with Crippen molar-refractivity contribution < 1.29 is 18.9 Å². The molecule has 0 aromatic rings. The van der Waals surface area contributed by atoms with Gasteiger partial charge in [-0.15, -0.1) is 0 Å². The first-order valence-corrected chi connectivity index (χ1v) is 10.2. The van der Waals surface area contributed by atoms with Crippen LogP contribution in [0.15, 0.2) is 0 Å². The summed E-state index contributed by atoms with van der Waals surface area (Å²) < 4.78 is 22.9. The molecule has 2 rings (SSSR count). The molecule has 0 spiro atoms. The Morgan fingerprint density at radius 2 is 1.17 bits per heavy atom. The van der Waals surface area contributed by atoms with Gasteiger partial charge in [0.05, 0.1) is 0 Å². The zero-order chi connectivity index (χ0) is 17.0. The van der Waals surface area contributed by atoms with Gasteiger partial charge in [0.1, 0.15) is 0 Å². The van der Waals surface area contributed by atoms with Crippen molar-refractivity contribution in [3.05, 3.63) is 0 Å². The second-order valence-corrected chi connectivity index (χ2v) is 7.70. The predicted octanol–water partition coefficient (Wildman–Crippen LogP) is 4.91. The van der Waals surface area contributed by atoms with E-state index in [-0.39, 0.29) is 12.6 Å². The molecule has 0 saturated carbocycles. The maximum Gasteiger partial charge on any atom is 0.157 e. The summed E-state index contributed by atoms with van der Waals surface area (Å²) in [7, 11) is 0. The molecule has 4 atom stereocenters. The van der Waals surface area contributed by atoms with Gasteiger partial charge < -0.3 is 18.9 Å². The molecule has 0 aromatic heterocycles. The second kappa shape index (κ2) is 12.2. The molecule has 2 aliphatic heterocycles. The van der Waals surface area contributed by atoms with Gasteiger partial charge in [-0.25, -0.2) is 0 Å². The average molecular weight is 343 g/mol. The quantitative estimate of drug-likeness (QED) is 0.535. The molecule has 0 N–H and O–H groups in total. The van der Waals surface area contributed by atoms with Gasteiger partial charge in [-0.3, -0.25) is 0 Å². The van der Waals surface area contributed by atoms with Gasteiger partial charge >= 0.3 is 0 Å². The summed E-state index contributed by atoms with van der Waals surface area (Å²) in [6.07, 6.45) is 11.9. The summed E-state index contributed by atoms with van der Waals surface area (Å²) >= 11 is 0. The molecule has 142 valence electrons. The third kappa shape index (κ3) is 8.80. The van der Waals surface area contributed by atoms with Gasteiger partial charge in [-0.05, 0) is 63.2 Å². The Hall–Kier alpha value is -0.160. The van der Waals surface area contributed by atoms with Crippen molar-refractivity contribution in [2.45, 2.75) is 90.6 Å². The van der Waals surface area contributed by atoms with Gasteiger partial charge in [0.2, 0.25) is 0 Å². The highest BCUT2D eigenvalue weighted by Gasteiger charge is 2.16. The molecular formula is C20H38O4. The van der Waals surface area contributed by atoms with Gasteiger partial charge in [0.15, 0.2) is 12.6 Å². The third-order valence-electron chi connectivity index (χ3n) is 5.26. The SMILES string of the molecule is CC(CCOC1CCCCO1)CCC(C)CCOC1CCCCO1. The van der Waals surface area contributed by atoms with Gasteiger partial charge in [0, 0.05) is 26.4 Å². The van der Waals surface area contributed by atoms with E-state index >= 15 is 0 Å². The lowest BCUT2D eigenvalue weighted by atomic mass is 9.94. The largest absolute Gasteiger partial charge is 0.353 e. The van der Waals surface area contributed by atoms with Crippen molar-refractivity contribution in [1.29, 1.82) is 0 Å². The van der Waals surface area contributed by atoms with Crippen molar-refractivity contribution in [3.63, 3.8) is 0 Å².